The minimum Gasteiger partial charge on any atom is -0.450 e. The third-order valence-electron chi connectivity index (χ3n) is 3.13. The Morgan fingerprint density at radius 3 is 2.95 bits per heavy atom. The number of aromatic nitrogens is 2. The van der Waals surface area contributed by atoms with Gasteiger partial charge in [0.2, 0.25) is 0 Å². The normalized spacial score (nSPS) is 24.2. The summed E-state index contributed by atoms with van der Waals surface area (Å²) in [5.41, 5.74) is -1.86. The smallest absolute Gasteiger partial charge is 0.411 e. The maximum Gasteiger partial charge on any atom is 0.411 e. The topological polar surface area (TPSA) is 123 Å². The number of H-pyrrole nitrogens is 1. The molecule has 0 saturated carbocycles. The maximum atomic E-state index is 13.6. The van der Waals surface area contributed by atoms with Gasteiger partial charge in [-0.05, 0) is 6.92 Å². The number of carbonyl (C=O) groups excluding carboxylic acids is 1. The standard InChI is InChI=1S/C12H16FN3O6/c1-2-21-12(20)14-7-4-16(11(19)15-10(7)18)9-3-6(13)8(5-17)22-9/h4,6,8-9,17H,2-3,5H2,1H3,(H,14,20)(H,15,18,19)/t6-,8+,9-/m0/s1. The van der Waals surface area contributed by atoms with E-state index < -0.39 is 42.5 Å². The number of carbonyl (C=O) groups is 1. The monoisotopic (exact) mass is 317 g/mol. The van der Waals surface area contributed by atoms with Crippen molar-refractivity contribution in [2.45, 2.75) is 31.8 Å². The number of hydrogen-bond acceptors (Lipinski definition) is 6. The minimum absolute atomic E-state index is 0.108. The van der Waals surface area contributed by atoms with Crippen LogP contribution >= 0.6 is 0 Å². The number of hydrogen-bond donors (Lipinski definition) is 3. The van der Waals surface area contributed by atoms with Gasteiger partial charge in [-0.1, -0.05) is 0 Å². The fraction of sp³-hybridized carbons (Fsp3) is 0.583. The van der Waals surface area contributed by atoms with E-state index in [9.17, 15) is 18.8 Å². The molecule has 122 valence electrons. The summed E-state index contributed by atoms with van der Waals surface area (Å²) >= 11 is 0. The molecule has 0 bridgehead atoms. The molecule has 10 heteroatoms. The Kier molecular flexibility index (Phi) is 4.93. The lowest BCUT2D eigenvalue weighted by Crippen LogP contribution is -2.34. The molecule has 0 aliphatic carbocycles. The molecule has 2 rings (SSSR count). The van der Waals surface area contributed by atoms with E-state index in [0.717, 1.165) is 10.8 Å². The van der Waals surface area contributed by atoms with Crippen LogP contribution in [0.3, 0.4) is 0 Å². The highest BCUT2D eigenvalue weighted by Gasteiger charge is 2.36. The molecule has 2 heterocycles. The number of aliphatic hydroxyl groups is 1. The second-order valence-corrected chi connectivity index (χ2v) is 4.62. The second-order valence-electron chi connectivity index (χ2n) is 4.62. The molecule has 1 aromatic heterocycles. The van der Waals surface area contributed by atoms with Crippen LogP contribution in [-0.4, -0.2) is 46.2 Å². The highest BCUT2D eigenvalue weighted by Crippen LogP contribution is 2.29. The first-order valence-corrected chi connectivity index (χ1v) is 6.65. The van der Waals surface area contributed by atoms with Gasteiger partial charge in [0, 0.05) is 12.6 Å². The molecule has 1 aliphatic rings. The molecule has 9 nitrogen and oxygen atoms in total. The van der Waals surface area contributed by atoms with Crippen molar-refractivity contribution in [2.75, 3.05) is 18.5 Å². The summed E-state index contributed by atoms with van der Waals surface area (Å²) in [5, 5.41) is 11.1. The van der Waals surface area contributed by atoms with Crippen LogP contribution in [0.2, 0.25) is 0 Å². The van der Waals surface area contributed by atoms with E-state index in [1.807, 2.05) is 4.98 Å². The lowest BCUT2D eigenvalue weighted by molar-refractivity contribution is -0.0355. The molecule has 22 heavy (non-hydrogen) atoms. The number of nitrogens with one attached hydrogen (secondary N) is 2. The van der Waals surface area contributed by atoms with Crippen LogP contribution in [0, 0.1) is 0 Å². The Morgan fingerprint density at radius 1 is 1.64 bits per heavy atom. The van der Waals surface area contributed by atoms with Crippen LogP contribution in [0.4, 0.5) is 14.9 Å². The Balaban J connectivity index is 2.27. The summed E-state index contributed by atoms with van der Waals surface area (Å²) in [6.07, 6.45) is -3.42. The number of aromatic amines is 1. The van der Waals surface area contributed by atoms with Gasteiger partial charge in [-0.25, -0.2) is 14.0 Å². The van der Waals surface area contributed by atoms with E-state index in [2.05, 4.69) is 10.1 Å². The van der Waals surface area contributed by atoms with Gasteiger partial charge in [0.15, 0.2) is 0 Å². The third kappa shape index (κ3) is 3.34. The number of aliphatic hydroxyl groups excluding tert-OH is 1. The fourth-order valence-corrected chi connectivity index (χ4v) is 2.09. The summed E-state index contributed by atoms with van der Waals surface area (Å²) in [6.45, 7) is 1.17. The average molecular weight is 317 g/mol. The molecule has 0 radical (unpaired) electrons. The van der Waals surface area contributed by atoms with Crippen molar-refractivity contribution in [1.82, 2.24) is 9.55 Å². The molecule has 3 atom stereocenters. The lowest BCUT2D eigenvalue weighted by atomic mass is 10.2. The molecule has 0 aromatic carbocycles. The fourth-order valence-electron chi connectivity index (χ4n) is 2.09. The van der Waals surface area contributed by atoms with E-state index in [1.54, 1.807) is 6.92 Å². The molecular formula is C12H16FN3O6. The molecule has 1 aromatic rings. The maximum absolute atomic E-state index is 13.6. The molecule has 3 N–H and O–H groups in total. The predicted octanol–water partition coefficient (Wildman–Crippen LogP) is -0.277. The summed E-state index contributed by atoms with van der Waals surface area (Å²) in [4.78, 5) is 36.8. The minimum atomic E-state index is -1.43. The van der Waals surface area contributed by atoms with Crippen molar-refractivity contribution in [3.63, 3.8) is 0 Å². The van der Waals surface area contributed by atoms with Crippen molar-refractivity contribution in [3.05, 3.63) is 27.0 Å². The Bertz CT molecular complexity index is 657. The summed E-state index contributed by atoms with van der Waals surface area (Å²) < 4.78 is 24.4. The molecule has 1 saturated heterocycles. The summed E-state index contributed by atoms with van der Waals surface area (Å²) in [6, 6.07) is 0. The van der Waals surface area contributed by atoms with Crippen LogP contribution in [0.15, 0.2) is 15.8 Å². The number of nitrogens with zero attached hydrogens (tertiary/aromatic N) is 1. The first-order valence-electron chi connectivity index (χ1n) is 6.65. The SMILES string of the molecule is CCOC(=O)Nc1cn([C@@H]2C[C@H](F)[C@@H](CO)O2)c(=O)[nH]c1=O. The number of amides is 1. The summed E-state index contributed by atoms with van der Waals surface area (Å²) in [7, 11) is 0. The third-order valence-corrected chi connectivity index (χ3v) is 3.13. The van der Waals surface area contributed by atoms with Gasteiger partial charge < -0.3 is 14.6 Å². The highest BCUT2D eigenvalue weighted by atomic mass is 19.1. The Morgan fingerprint density at radius 2 is 2.36 bits per heavy atom. The van der Waals surface area contributed by atoms with E-state index in [1.165, 1.54) is 0 Å². The molecule has 0 unspecified atom stereocenters. The van der Waals surface area contributed by atoms with Crippen LogP contribution < -0.4 is 16.6 Å². The van der Waals surface area contributed by atoms with E-state index in [-0.39, 0.29) is 18.7 Å². The van der Waals surface area contributed by atoms with E-state index in [0.29, 0.717) is 0 Å². The van der Waals surface area contributed by atoms with Crippen molar-refractivity contribution in [3.8, 4) is 0 Å². The van der Waals surface area contributed by atoms with Gasteiger partial charge in [0.25, 0.3) is 5.56 Å². The van der Waals surface area contributed by atoms with Gasteiger partial charge in [-0.2, -0.15) is 0 Å². The van der Waals surface area contributed by atoms with Crippen molar-refractivity contribution < 1.29 is 23.8 Å². The highest BCUT2D eigenvalue weighted by molar-refractivity contribution is 5.83. The quantitative estimate of drug-likeness (QED) is 0.702. The molecule has 1 amide bonds. The van der Waals surface area contributed by atoms with Gasteiger partial charge in [-0.3, -0.25) is 19.7 Å². The van der Waals surface area contributed by atoms with Gasteiger partial charge in [0.05, 0.1) is 13.2 Å². The van der Waals surface area contributed by atoms with Crippen LogP contribution in [0.5, 0.6) is 0 Å². The van der Waals surface area contributed by atoms with E-state index >= 15 is 0 Å². The van der Waals surface area contributed by atoms with Crippen LogP contribution in [-0.2, 0) is 9.47 Å². The molecule has 1 fully saturated rings. The Labute approximate surface area is 123 Å². The van der Waals surface area contributed by atoms with Crippen molar-refractivity contribution in [2.24, 2.45) is 0 Å². The number of rotatable bonds is 4. The van der Waals surface area contributed by atoms with Gasteiger partial charge in [-0.15, -0.1) is 0 Å². The lowest BCUT2D eigenvalue weighted by Gasteiger charge is -2.15. The zero-order valence-electron chi connectivity index (χ0n) is 11.7. The molecular weight excluding hydrogens is 301 g/mol. The first-order chi connectivity index (χ1) is 10.5. The number of anilines is 1. The van der Waals surface area contributed by atoms with Crippen LogP contribution in [0.25, 0.3) is 0 Å². The van der Waals surface area contributed by atoms with E-state index in [4.69, 9.17) is 9.84 Å². The average Bonchev–Trinajstić information content (AvgIpc) is 2.83. The Hall–Kier alpha value is -2.20. The number of ether oxygens (including phenoxy) is 2. The van der Waals surface area contributed by atoms with Crippen LogP contribution in [0.1, 0.15) is 19.6 Å². The van der Waals surface area contributed by atoms with Gasteiger partial charge in [0.1, 0.15) is 24.2 Å². The predicted molar refractivity (Wildman–Crippen MR) is 72.5 cm³/mol. The van der Waals surface area contributed by atoms with Gasteiger partial charge >= 0.3 is 11.8 Å². The molecule has 0 spiro atoms. The number of halogens is 1. The largest absolute Gasteiger partial charge is 0.450 e. The number of alkyl halides is 1. The summed E-state index contributed by atoms with van der Waals surface area (Å²) in [5.74, 6) is 0. The second kappa shape index (κ2) is 6.71. The molecule has 1 aliphatic heterocycles. The zero-order chi connectivity index (χ0) is 16.3. The van der Waals surface area contributed by atoms with Crippen molar-refractivity contribution >= 4 is 11.8 Å². The first kappa shape index (κ1) is 16.2. The zero-order valence-corrected chi connectivity index (χ0v) is 11.7. The van der Waals surface area contributed by atoms with Crippen molar-refractivity contribution in [1.29, 1.82) is 0 Å².